The molecule has 106 valence electrons. The van der Waals surface area contributed by atoms with E-state index >= 15 is 0 Å². The molecule has 0 aromatic carbocycles. The fourth-order valence-corrected chi connectivity index (χ4v) is 2.82. The molecular weight excluding hydrogens is 344 g/mol. The molecule has 0 aliphatic carbocycles. The van der Waals surface area contributed by atoms with Crippen LogP contribution in [0.5, 0.6) is 0 Å². The van der Waals surface area contributed by atoms with Crippen LogP contribution in [0, 0.1) is 0 Å². The second-order valence-electron chi connectivity index (χ2n) is 3.98. The zero-order chi connectivity index (χ0) is 14.7. The van der Waals surface area contributed by atoms with Gasteiger partial charge in [0.1, 0.15) is 5.82 Å². The Kier molecular flexibility index (Phi) is 4.56. The Hall–Kier alpha value is -1.67. The van der Waals surface area contributed by atoms with Crippen LogP contribution in [-0.4, -0.2) is 22.3 Å². The molecule has 0 aliphatic rings. The molecule has 0 radical (unpaired) electrons. The molecule has 0 bridgehead atoms. The number of aromatic nitrogens is 2. The molecule has 0 atom stereocenters. The van der Waals surface area contributed by atoms with Crippen molar-refractivity contribution in [2.45, 2.75) is 6.92 Å². The molecule has 0 saturated heterocycles. The molecule has 2 rings (SSSR count). The van der Waals surface area contributed by atoms with Crippen molar-refractivity contribution in [2.75, 3.05) is 11.6 Å². The first-order valence-corrected chi connectivity index (χ1v) is 7.54. The highest BCUT2D eigenvalue weighted by Crippen LogP contribution is 2.18. The number of anilines is 1. The van der Waals surface area contributed by atoms with Crippen molar-refractivity contribution in [3.63, 3.8) is 0 Å². The van der Waals surface area contributed by atoms with E-state index in [-0.39, 0.29) is 5.56 Å². The highest BCUT2D eigenvalue weighted by molar-refractivity contribution is 9.10. The highest BCUT2D eigenvalue weighted by atomic mass is 79.9. The molecule has 20 heavy (non-hydrogen) atoms. The minimum atomic E-state index is -0.458. The number of nitrogens with zero attached hydrogens (tertiary/aromatic N) is 3. The summed E-state index contributed by atoms with van der Waals surface area (Å²) in [5.41, 5.74) is -0.823. The van der Waals surface area contributed by atoms with Crippen LogP contribution in [0.4, 0.5) is 5.82 Å². The maximum absolute atomic E-state index is 11.6. The zero-order valence-electron chi connectivity index (χ0n) is 11.0. The van der Waals surface area contributed by atoms with Crippen molar-refractivity contribution >= 4 is 39.3 Å². The predicted octanol–water partition coefficient (Wildman–Crippen LogP) is 1.76. The molecule has 2 aromatic heterocycles. The van der Waals surface area contributed by atoms with Gasteiger partial charge in [0, 0.05) is 34.4 Å². The van der Waals surface area contributed by atoms with Gasteiger partial charge >= 0.3 is 5.69 Å². The monoisotopic (exact) mass is 356 g/mol. The summed E-state index contributed by atoms with van der Waals surface area (Å²) >= 11 is 4.92. The Balaban J connectivity index is 2.31. The molecular formula is C12H13BrN4O2S. The van der Waals surface area contributed by atoms with E-state index in [2.05, 4.69) is 26.0 Å². The Bertz CT molecular complexity index is 715. The first-order chi connectivity index (χ1) is 9.51. The third-order valence-corrected chi connectivity index (χ3v) is 4.25. The molecule has 2 aromatic rings. The molecule has 8 heteroatoms. The number of hydrazone groups is 1. The van der Waals surface area contributed by atoms with Crippen molar-refractivity contribution in [3.05, 3.63) is 47.7 Å². The Morgan fingerprint density at radius 3 is 2.80 bits per heavy atom. The van der Waals surface area contributed by atoms with Gasteiger partial charge in [-0.15, -0.1) is 11.3 Å². The van der Waals surface area contributed by atoms with E-state index in [0.717, 1.165) is 13.9 Å². The lowest BCUT2D eigenvalue weighted by atomic mass is 10.5. The van der Waals surface area contributed by atoms with Crippen LogP contribution in [0.25, 0.3) is 0 Å². The van der Waals surface area contributed by atoms with Crippen LogP contribution < -0.4 is 16.3 Å². The number of nitrogens with one attached hydrogen (secondary N) is 1. The second-order valence-corrected chi connectivity index (χ2v) is 5.84. The Labute approximate surface area is 127 Å². The van der Waals surface area contributed by atoms with Gasteiger partial charge in [0.15, 0.2) is 0 Å². The molecule has 0 fully saturated rings. The molecule has 0 aliphatic heterocycles. The largest absolute Gasteiger partial charge is 0.329 e. The van der Waals surface area contributed by atoms with E-state index in [0.29, 0.717) is 12.4 Å². The molecule has 0 spiro atoms. The summed E-state index contributed by atoms with van der Waals surface area (Å²) in [5, 5.41) is 7.81. The van der Waals surface area contributed by atoms with Crippen LogP contribution >= 0.6 is 27.3 Å². The lowest BCUT2D eigenvalue weighted by Crippen LogP contribution is -2.34. The maximum atomic E-state index is 11.6. The maximum Gasteiger partial charge on any atom is 0.329 e. The number of aromatic amines is 1. The van der Waals surface area contributed by atoms with Gasteiger partial charge in [0.05, 0.1) is 6.21 Å². The van der Waals surface area contributed by atoms with E-state index < -0.39 is 5.69 Å². The van der Waals surface area contributed by atoms with Crippen LogP contribution in [0.3, 0.4) is 0 Å². The molecule has 0 amide bonds. The lowest BCUT2D eigenvalue weighted by Gasteiger charge is -2.15. The molecule has 1 N–H and O–H groups in total. The van der Waals surface area contributed by atoms with Crippen molar-refractivity contribution in [3.8, 4) is 0 Å². The van der Waals surface area contributed by atoms with E-state index in [4.69, 9.17) is 0 Å². The smallest absolute Gasteiger partial charge is 0.292 e. The zero-order valence-corrected chi connectivity index (χ0v) is 13.4. The van der Waals surface area contributed by atoms with Gasteiger partial charge in [0.2, 0.25) is 0 Å². The van der Waals surface area contributed by atoms with Gasteiger partial charge in [-0.3, -0.25) is 14.3 Å². The Morgan fingerprint density at radius 1 is 1.50 bits per heavy atom. The van der Waals surface area contributed by atoms with Crippen molar-refractivity contribution in [1.29, 1.82) is 0 Å². The van der Waals surface area contributed by atoms with Crippen molar-refractivity contribution in [2.24, 2.45) is 12.1 Å². The quantitative estimate of drug-likeness (QED) is 0.670. The normalized spacial score (nSPS) is 11.2. The average molecular weight is 357 g/mol. The summed E-state index contributed by atoms with van der Waals surface area (Å²) in [5.74, 6) is 0.382. The standard InChI is InChI=1S/C12H13BrN4O2S/c1-3-17(14-6-9-4-8(13)7-20-9)10-5-11(18)16(2)12(19)15-10/h4-7H,3H2,1-2H3,(H,15,19). The van der Waals surface area contributed by atoms with Gasteiger partial charge in [-0.2, -0.15) is 5.10 Å². The van der Waals surface area contributed by atoms with Crippen molar-refractivity contribution < 1.29 is 0 Å². The minimum absolute atomic E-state index is 0.365. The third-order valence-electron chi connectivity index (χ3n) is 2.62. The van der Waals surface area contributed by atoms with Crippen LogP contribution in [-0.2, 0) is 7.05 Å². The van der Waals surface area contributed by atoms with Gasteiger partial charge in [0.25, 0.3) is 5.56 Å². The van der Waals surface area contributed by atoms with E-state index in [1.165, 1.54) is 13.1 Å². The van der Waals surface area contributed by atoms with E-state index in [1.54, 1.807) is 22.6 Å². The lowest BCUT2D eigenvalue weighted by molar-refractivity contribution is 0.756. The molecule has 2 heterocycles. The summed E-state index contributed by atoms with van der Waals surface area (Å²) in [7, 11) is 1.42. The van der Waals surface area contributed by atoms with Gasteiger partial charge in [-0.25, -0.2) is 9.80 Å². The highest BCUT2D eigenvalue weighted by Gasteiger charge is 2.06. The predicted molar refractivity (Wildman–Crippen MR) is 84.9 cm³/mol. The fraction of sp³-hybridized carbons (Fsp3) is 0.250. The van der Waals surface area contributed by atoms with Gasteiger partial charge < -0.3 is 0 Å². The molecule has 6 nitrogen and oxygen atoms in total. The summed E-state index contributed by atoms with van der Waals surface area (Å²) in [6, 6.07) is 3.29. The first-order valence-electron chi connectivity index (χ1n) is 5.87. The van der Waals surface area contributed by atoms with Crippen LogP contribution in [0.2, 0.25) is 0 Å². The summed E-state index contributed by atoms with van der Waals surface area (Å²) < 4.78 is 2.01. The number of thiophene rings is 1. The third kappa shape index (κ3) is 3.26. The number of hydrogen-bond donors (Lipinski definition) is 1. The van der Waals surface area contributed by atoms with Crippen molar-refractivity contribution in [1.82, 2.24) is 9.55 Å². The van der Waals surface area contributed by atoms with Gasteiger partial charge in [-0.1, -0.05) is 0 Å². The van der Waals surface area contributed by atoms with E-state index in [1.807, 2.05) is 18.4 Å². The van der Waals surface area contributed by atoms with E-state index in [9.17, 15) is 9.59 Å². The number of hydrogen-bond acceptors (Lipinski definition) is 5. The van der Waals surface area contributed by atoms with Crippen LogP contribution in [0.1, 0.15) is 11.8 Å². The van der Waals surface area contributed by atoms with Crippen LogP contribution in [0.15, 0.2) is 36.7 Å². The minimum Gasteiger partial charge on any atom is -0.292 e. The summed E-state index contributed by atoms with van der Waals surface area (Å²) in [6.45, 7) is 2.42. The average Bonchev–Trinajstić information content (AvgIpc) is 2.82. The number of H-pyrrole nitrogens is 1. The first kappa shape index (κ1) is 14.7. The SMILES string of the molecule is CCN(N=Cc1cc(Br)cs1)c1cc(=O)n(C)c(=O)[nH]1. The fourth-order valence-electron chi connectivity index (χ4n) is 1.52. The Morgan fingerprint density at radius 2 is 2.25 bits per heavy atom. The second kappa shape index (κ2) is 6.19. The van der Waals surface area contributed by atoms with Gasteiger partial charge in [-0.05, 0) is 28.9 Å². The summed E-state index contributed by atoms with van der Waals surface area (Å²) in [4.78, 5) is 26.8. The number of halogens is 1. The molecule has 0 unspecified atom stereocenters. The topological polar surface area (TPSA) is 70.5 Å². The molecule has 0 saturated carbocycles. The summed E-state index contributed by atoms with van der Waals surface area (Å²) in [6.07, 6.45) is 1.69. The number of rotatable bonds is 4.